The minimum Gasteiger partial charge on any atom is -0.355 e. The normalized spacial score (nSPS) is 11.9. The summed E-state index contributed by atoms with van der Waals surface area (Å²) in [6.07, 6.45) is 0.324. The molecule has 0 fully saturated rings. The van der Waals surface area contributed by atoms with Crippen LogP contribution in [0.3, 0.4) is 0 Å². The summed E-state index contributed by atoms with van der Waals surface area (Å²) in [5.41, 5.74) is 2.96. The van der Waals surface area contributed by atoms with Gasteiger partial charge in [0, 0.05) is 13.5 Å². The fraction of sp³-hybridized carbons (Fsp3) is 0.250. The monoisotopic (exact) mass is 367 g/mol. The quantitative estimate of drug-likeness (QED) is 0.697. The number of amides is 2. The lowest BCUT2D eigenvalue weighted by Gasteiger charge is -2.13. The first kappa shape index (κ1) is 18.1. The van der Waals surface area contributed by atoms with Gasteiger partial charge in [0.05, 0.1) is 16.6 Å². The Labute approximate surface area is 156 Å². The largest absolute Gasteiger partial charge is 0.355 e. The van der Waals surface area contributed by atoms with E-state index in [1.807, 2.05) is 36.4 Å². The van der Waals surface area contributed by atoms with E-state index in [0.29, 0.717) is 18.1 Å². The van der Waals surface area contributed by atoms with Gasteiger partial charge in [-0.2, -0.15) is 0 Å². The molecule has 6 heteroatoms. The van der Waals surface area contributed by atoms with E-state index >= 15 is 0 Å². The van der Waals surface area contributed by atoms with Crippen LogP contribution in [0.2, 0.25) is 0 Å². The lowest BCUT2D eigenvalue weighted by molar-refractivity contribution is -0.120. The topological polar surface area (TPSA) is 71.1 Å². The third-order valence-electron chi connectivity index (χ3n) is 4.07. The molecule has 0 saturated heterocycles. The predicted molar refractivity (Wildman–Crippen MR) is 105 cm³/mol. The fourth-order valence-electron chi connectivity index (χ4n) is 2.70. The zero-order valence-electron chi connectivity index (χ0n) is 14.8. The first-order chi connectivity index (χ1) is 12.5. The summed E-state index contributed by atoms with van der Waals surface area (Å²) in [7, 11) is 0. The molecular weight excluding hydrogens is 346 g/mol. The van der Waals surface area contributed by atoms with Gasteiger partial charge in [0.25, 0.3) is 0 Å². The van der Waals surface area contributed by atoms with Crippen molar-refractivity contribution in [2.75, 3.05) is 11.9 Å². The van der Waals surface area contributed by atoms with E-state index in [1.54, 1.807) is 0 Å². The van der Waals surface area contributed by atoms with Gasteiger partial charge < -0.3 is 10.6 Å². The minimum atomic E-state index is -0.142. The molecule has 5 nitrogen and oxygen atoms in total. The van der Waals surface area contributed by atoms with Crippen molar-refractivity contribution >= 4 is 38.5 Å². The first-order valence-electron chi connectivity index (χ1n) is 8.50. The standard InChI is InChI=1S/C20H21N3O2S/c1-13(16-6-4-3-5-7-16)12-21-19(25)11-15-8-9-17-18(10-15)26-20(23-17)22-14(2)24/h3-10,13H,11-12H2,1-2H3,(H,21,25)(H,22,23,24). The lowest BCUT2D eigenvalue weighted by atomic mass is 10.0. The Hall–Kier alpha value is -2.73. The number of carbonyl (C=O) groups excluding carboxylic acids is 2. The number of hydrogen-bond acceptors (Lipinski definition) is 4. The molecule has 2 amide bonds. The maximum absolute atomic E-state index is 12.3. The van der Waals surface area contributed by atoms with Crippen LogP contribution in [0.15, 0.2) is 48.5 Å². The molecule has 3 rings (SSSR count). The van der Waals surface area contributed by atoms with Crippen molar-refractivity contribution in [1.82, 2.24) is 10.3 Å². The van der Waals surface area contributed by atoms with Crippen molar-refractivity contribution in [3.63, 3.8) is 0 Å². The van der Waals surface area contributed by atoms with E-state index in [4.69, 9.17) is 0 Å². The number of benzene rings is 2. The number of rotatable bonds is 6. The highest BCUT2D eigenvalue weighted by molar-refractivity contribution is 7.22. The van der Waals surface area contributed by atoms with Crippen LogP contribution in [-0.2, 0) is 16.0 Å². The molecule has 1 aromatic heterocycles. The second-order valence-electron chi connectivity index (χ2n) is 6.29. The van der Waals surface area contributed by atoms with Crippen molar-refractivity contribution in [1.29, 1.82) is 0 Å². The Morgan fingerprint density at radius 1 is 1.15 bits per heavy atom. The van der Waals surface area contributed by atoms with Crippen molar-refractivity contribution in [3.8, 4) is 0 Å². The van der Waals surface area contributed by atoms with Crippen LogP contribution in [0.1, 0.15) is 30.9 Å². The van der Waals surface area contributed by atoms with Gasteiger partial charge in [-0.15, -0.1) is 0 Å². The smallest absolute Gasteiger partial charge is 0.224 e. The van der Waals surface area contributed by atoms with Gasteiger partial charge >= 0.3 is 0 Å². The molecule has 0 aliphatic heterocycles. The number of nitrogens with zero attached hydrogens (tertiary/aromatic N) is 1. The van der Waals surface area contributed by atoms with Gasteiger partial charge in [-0.25, -0.2) is 4.98 Å². The summed E-state index contributed by atoms with van der Waals surface area (Å²) in [4.78, 5) is 27.7. The highest BCUT2D eigenvalue weighted by atomic mass is 32.1. The number of thiazole rings is 1. The average molecular weight is 367 g/mol. The van der Waals surface area contributed by atoms with Crippen LogP contribution in [0.25, 0.3) is 10.2 Å². The van der Waals surface area contributed by atoms with Crippen molar-refractivity contribution < 1.29 is 9.59 Å². The molecule has 1 heterocycles. The minimum absolute atomic E-state index is 0.00118. The van der Waals surface area contributed by atoms with Crippen LogP contribution in [0, 0.1) is 0 Å². The molecule has 134 valence electrons. The van der Waals surface area contributed by atoms with Crippen molar-refractivity contribution in [2.24, 2.45) is 0 Å². The highest BCUT2D eigenvalue weighted by Gasteiger charge is 2.10. The Morgan fingerprint density at radius 2 is 1.92 bits per heavy atom. The number of aromatic nitrogens is 1. The molecule has 2 aromatic carbocycles. The second kappa shape index (κ2) is 8.10. The van der Waals surface area contributed by atoms with E-state index < -0.39 is 0 Å². The van der Waals surface area contributed by atoms with Gasteiger partial charge in [0.1, 0.15) is 0 Å². The van der Waals surface area contributed by atoms with E-state index in [0.717, 1.165) is 15.8 Å². The SMILES string of the molecule is CC(=O)Nc1nc2ccc(CC(=O)NCC(C)c3ccccc3)cc2s1. The molecule has 3 aromatic rings. The van der Waals surface area contributed by atoms with Crippen molar-refractivity contribution in [3.05, 3.63) is 59.7 Å². The zero-order valence-corrected chi connectivity index (χ0v) is 15.6. The molecule has 0 bridgehead atoms. The lowest BCUT2D eigenvalue weighted by Crippen LogP contribution is -2.28. The fourth-order valence-corrected chi connectivity index (χ4v) is 3.67. The second-order valence-corrected chi connectivity index (χ2v) is 7.33. The molecule has 1 atom stereocenters. The predicted octanol–water partition coefficient (Wildman–Crippen LogP) is 3.72. The van der Waals surface area contributed by atoms with Crippen LogP contribution >= 0.6 is 11.3 Å². The molecule has 26 heavy (non-hydrogen) atoms. The van der Waals surface area contributed by atoms with Crippen molar-refractivity contribution in [2.45, 2.75) is 26.2 Å². The van der Waals surface area contributed by atoms with Crippen LogP contribution in [-0.4, -0.2) is 23.3 Å². The molecule has 2 N–H and O–H groups in total. The summed E-state index contributed by atoms with van der Waals surface area (Å²) in [6.45, 7) is 4.17. The van der Waals surface area contributed by atoms with Gasteiger partial charge in [0.2, 0.25) is 11.8 Å². The Bertz CT molecular complexity index is 921. The van der Waals surface area contributed by atoms with E-state index in [-0.39, 0.29) is 17.7 Å². The molecule has 0 saturated carbocycles. The van der Waals surface area contributed by atoms with Gasteiger partial charge in [-0.3, -0.25) is 9.59 Å². The number of fused-ring (bicyclic) bond motifs is 1. The summed E-state index contributed by atoms with van der Waals surface area (Å²) < 4.78 is 0.955. The number of carbonyl (C=O) groups is 2. The first-order valence-corrected chi connectivity index (χ1v) is 9.31. The third kappa shape index (κ3) is 4.67. The average Bonchev–Trinajstić information content (AvgIpc) is 3.01. The van der Waals surface area contributed by atoms with Crippen LogP contribution in [0.5, 0.6) is 0 Å². The number of hydrogen-bond donors (Lipinski definition) is 2. The molecule has 0 aliphatic carbocycles. The van der Waals surface area contributed by atoms with Gasteiger partial charge in [-0.1, -0.05) is 54.7 Å². The Morgan fingerprint density at radius 3 is 2.65 bits per heavy atom. The molecule has 0 radical (unpaired) electrons. The summed E-state index contributed by atoms with van der Waals surface area (Å²) >= 11 is 1.41. The molecule has 0 spiro atoms. The van der Waals surface area contributed by atoms with Crippen LogP contribution < -0.4 is 10.6 Å². The van der Waals surface area contributed by atoms with E-state index in [1.165, 1.54) is 23.8 Å². The molecule has 1 unspecified atom stereocenters. The molecular formula is C20H21N3O2S. The highest BCUT2D eigenvalue weighted by Crippen LogP contribution is 2.27. The Balaban J connectivity index is 1.59. The maximum Gasteiger partial charge on any atom is 0.224 e. The number of nitrogens with one attached hydrogen (secondary N) is 2. The van der Waals surface area contributed by atoms with Gasteiger partial charge in [0.15, 0.2) is 5.13 Å². The van der Waals surface area contributed by atoms with Crippen LogP contribution in [0.4, 0.5) is 5.13 Å². The third-order valence-corrected chi connectivity index (χ3v) is 5.01. The van der Waals surface area contributed by atoms with E-state index in [9.17, 15) is 9.59 Å². The Kier molecular flexibility index (Phi) is 5.63. The van der Waals surface area contributed by atoms with E-state index in [2.05, 4.69) is 34.7 Å². The summed E-state index contributed by atoms with van der Waals surface area (Å²) in [5, 5.41) is 6.27. The number of anilines is 1. The summed E-state index contributed by atoms with van der Waals surface area (Å²) in [5.74, 6) is 0.124. The maximum atomic E-state index is 12.3. The molecule has 0 aliphatic rings. The zero-order chi connectivity index (χ0) is 18.5. The summed E-state index contributed by atoms with van der Waals surface area (Å²) in [6, 6.07) is 15.9. The van der Waals surface area contributed by atoms with Gasteiger partial charge in [-0.05, 0) is 29.2 Å².